The Labute approximate surface area is 114 Å². The first kappa shape index (κ1) is 14.4. The third-order valence-corrected chi connectivity index (χ3v) is 3.19. The zero-order chi connectivity index (χ0) is 14.7. The van der Waals surface area contributed by atoms with Crippen LogP contribution in [-0.4, -0.2) is 41.0 Å². The van der Waals surface area contributed by atoms with Gasteiger partial charge >= 0.3 is 5.97 Å². The molecule has 0 spiro atoms. The normalized spacial score (nSPS) is 19.7. The summed E-state index contributed by atoms with van der Waals surface area (Å²) in [7, 11) is 0. The number of hydrogen-bond acceptors (Lipinski definition) is 3. The molecule has 1 aromatic rings. The third kappa shape index (κ3) is 3.30. The van der Waals surface area contributed by atoms with Crippen LogP contribution in [0.2, 0.25) is 0 Å². The molecule has 0 bridgehead atoms. The fourth-order valence-electron chi connectivity index (χ4n) is 2.22. The van der Waals surface area contributed by atoms with Crippen molar-refractivity contribution in [1.29, 1.82) is 0 Å². The zero-order valence-corrected chi connectivity index (χ0v) is 10.6. The van der Waals surface area contributed by atoms with Crippen LogP contribution < -0.4 is 5.32 Å². The van der Waals surface area contributed by atoms with E-state index in [4.69, 9.17) is 5.11 Å². The molecule has 1 aromatic carbocycles. The van der Waals surface area contributed by atoms with Crippen molar-refractivity contribution in [2.45, 2.75) is 19.0 Å². The first-order chi connectivity index (χ1) is 9.47. The van der Waals surface area contributed by atoms with Crippen LogP contribution in [0.1, 0.15) is 12.0 Å². The minimum absolute atomic E-state index is 0.00500. The van der Waals surface area contributed by atoms with E-state index in [0.717, 1.165) is 18.2 Å². The molecule has 7 heteroatoms. The van der Waals surface area contributed by atoms with Gasteiger partial charge in [0.15, 0.2) is 0 Å². The van der Waals surface area contributed by atoms with Crippen LogP contribution >= 0.6 is 0 Å². The molecule has 1 atom stereocenters. The van der Waals surface area contributed by atoms with Crippen LogP contribution in [0, 0.1) is 11.6 Å². The smallest absolute Gasteiger partial charge is 0.305 e. The van der Waals surface area contributed by atoms with E-state index < -0.39 is 29.6 Å². The van der Waals surface area contributed by atoms with Crippen molar-refractivity contribution in [1.82, 2.24) is 10.2 Å². The van der Waals surface area contributed by atoms with Crippen molar-refractivity contribution >= 4 is 11.9 Å². The second kappa shape index (κ2) is 5.96. The highest BCUT2D eigenvalue weighted by atomic mass is 19.1. The van der Waals surface area contributed by atoms with E-state index in [1.165, 1.54) is 0 Å². The largest absolute Gasteiger partial charge is 0.481 e. The highest BCUT2D eigenvalue weighted by Gasteiger charge is 2.31. The lowest BCUT2D eigenvalue weighted by Crippen LogP contribution is -2.55. The Bertz CT molecular complexity index is 536. The van der Waals surface area contributed by atoms with Gasteiger partial charge in [-0.15, -0.1) is 0 Å². The molecule has 2 rings (SSSR count). The quantitative estimate of drug-likeness (QED) is 0.855. The number of piperazine rings is 1. The molecule has 1 unspecified atom stereocenters. The summed E-state index contributed by atoms with van der Waals surface area (Å²) in [6.07, 6.45) is -0.372. The van der Waals surface area contributed by atoms with Crippen molar-refractivity contribution in [3.63, 3.8) is 0 Å². The molecule has 1 amide bonds. The Morgan fingerprint density at radius 3 is 2.90 bits per heavy atom. The monoisotopic (exact) mass is 284 g/mol. The predicted octanol–water partition coefficient (Wildman–Crippen LogP) is 0.740. The molecule has 1 saturated heterocycles. The Morgan fingerprint density at radius 1 is 1.45 bits per heavy atom. The molecule has 5 nitrogen and oxygen atoms in total. The van der Waals surface area contributed by atoms with E-state index in [1.807, 2.05) is 0 Å². The fourth-order valence-corrected chi connectivity index (χ4v) is 2.22. The number of carbonyl (C=O) groups is 2. The van der Waals surface area contributed by atoms with Crippen molar-refractivity contribution in [3.8, 4) is 0 Å². The van der Waals surface area contributed by atoms with Gasteiger partial charge in [-0.05, 0) is 18.2 Å². The number of halogens is 2. The molecule has 108 valence electrons. The average Bonchev–Trinajstić information content (AvgIpc) is 2.37. The van der Waals surface area contributed by atoms with Crippen LogP contribution in [0.4, 0.5) is 8.78 Å². The standard InChI is InChI=1S/C13H14F2N2O3/c14-9-1-2-10(15)8(5-9)7-17-4-3-16-13(20)11(17)6-12(18)19/h1-2,5,11H,3-4,6-7H2,(H,16,20)(H,18,19). The lowest BCUT2D eigenvalue weighted by molar-refractivity contribution is -0.143. The highest BCUT2D eigenvalue weighted by Crippen LogP contribution is 2.17. The minimum atomic E-state index is -1.11. The molecule has 0 aliphatic carbocycles. The summed E-state index contributed by atoms with van der Waals surface area (Å²) < 4.78 is 26.7. The van der Waals surface area contributed by atoms with Gasteiger partial charge in [-0.2, -0.15) is 0 Å². The third-order valence-electron chi connectivity index (χ3n) is 3.19. The van der Waals surface area contributed by atoms with Gasteiger partial charge in [-0.25, -0.2) is 8.78 Å². The Hall–Kier alpha value is -2.02. The van der Waals surface area contributed by atoms with Gasteiger partial charge in [0.2, 0.25) is 5.91 Å². The molecular weight excluding hydrogens is 270 g/mol. The molecule has 0 radical (unpaired) electrons. The van der Waals surface area contributed by atoms with Gasteiger partial charge in [0, 0.05) is 25.2 Å². The van der Waals surface area contributed by atoms with Crippen LogP contribution in [0.5, 0.6) is 0 Å². The van der Waals surface area contributed by atoms with E-state index >= 15 is 0 Å². The number of carbonyl (C=O) groups excluding carboxylic acids is 1. The highest BCUT2D eigenvalue weighted by molar-refractivity contribution is 5.86. The fraction of sp³-hybridized carbons (Fsp3) is 0.385. The number of amides is 1. The van der Waals surface area contributed by atoms with Crippen molar-refractivity contribution in [3.05, 3.63) is 35.4 Å². The molecule has 1 aliphatic rings. The number of aliphatic carboxylic acids is 1. The van der Waals surface area contributed by atoms with Gasteiger partial charge < -0.3 is 10.4 Å². The lowest BCUT2D eigenvalue weighted by Gasteiger charge is -2.34. The van der Waals surface area contributed by atoms with Crippen LogP contribution in [0.3, 0.4) is 0 Å². The maximum absolute atomic E-state index is 13.6. The first-order valence-electron chi connectivity index (χ1n) is 6.15. The molecule has 20 heavy (non-hydrogen) atoms. The summed E-state index contributed by atoms with van der Waals surface area (Å²) in [5, 5.41) is 11.4. The molecule has 1 heterocycles. The Kier molecular flexibility index (Phi) is 4.29. The number of nitrogens with zero attached hydrogens (tertiary/aromatic N) is 1. The van der Waals surface area contributed by atoms with Crippen LogP contribution in [0.25, 0.3) is 0 Å². The number of carboxylic acid groups (broad SMARTS) is 1. The van der Waals surface area contributed by atoms with Gasteiger partial charge in [-0.3, -0.25) is 14.5 Å². The number of benzene rings is 1. The summed E-state index contributed by atoms with van der Waals surface area (Å²) in [6, 6.07) is 2.21. The second-order valence-corrected chi connectivity index (χ2v) is 4.61. The zero-order valence-electron chi connectivity index (χ0n) is 10.6. The summed E-state index contributed by atoms with van der Waals surface area (Å²) in [5.74, 6) is -2.67. The summed E-state index contributed by atoms with van der Waals surface area (Å²) in [6.45, 7) is 0.737. The van der Waals surface area contributed by atoms with Crippen molar-refractivity contribution in [2.75, 3.05) is 13.1 Å². The van der Waals surface area contributed by atoms with E-state index in [0.29, 0.717) is 13.1 Å². The predicted molar refractivity (Wildman–Crippen MR) is 65.8 cm³/mol. The average molecular weight is 284 g/mol. The number of hydrogen-bond donors (Lipinski definition) is 2. The molecule has 1 aliphatic heterocycles. The lowest BCUT2D eigenvalue weighted by atomic mass is 10.1. The van der Waals surface area contributed by atoms with Crippen molar-refractivity contribution in [2.24, 2.45) is 0 Å². The van der Waals surface area contributed by atoms with E-state index in [2.05, 4.69) is 5.32 Å². The number of carboxylic acids is 1. The van der Waals surface area contributed by atoms with Gasteiger partial charge in [0.05, 0.1) is 6.42 Å². The van der Waals surface area contributed by atoms with Gasteiger partial charge in [0.1, 0.15) is 17.7 Å². The number of nitrogens with one attached hydrogen (secondary N) is 1. The Balaban J connectivity index is 2.18. The molecule has 0 saturated carbocycles. The van der Waals surface area contributed by atoms with Crippen LogP contribution in [-0.2, 0) is 16.1 Å². The number of rotatable bonds is 4. The van der Waals surface area contributed by atoms with E-state index in [-0.39, 0.29) is 18.5 Å². The van der Waals surface area contributed by atoms with Crippen LogP contribution in [0.15, 0.2) is 18.2 Å². The van der Waals surface area contributed by atoms with Gasteiger partial charge in [-0.1, -0.05) is 0 Å². The Morgan fingerprint density at radius 2 is 2.20 bits per heavy atom. The second-order valence-electron chi connectivity index (χ2n) is 4.61. The van der Waals surface area contributed by atoms with E-state index in [1.54, 1.807) is 4.90 Å². The van der Waals surface area contributed by atoms with E-state index in [9.17, 15) is 18.4 Å². The molecule has 0 aromatic heterocycles. The topological polar surface area (TPSA) is 69.6 Å². The molecule has 1 fully saturated rings. The molecular formula is C13H14F2N2O3. The summed E-state index contributed by atoms with van der Waals surface area (Å²) in [5.41, 5.74) is 0.107. The SMILES string of the molecule is O=C(O)CC1C(=O)NCCN1Cc1cc(F)ccc1F. The maximum atomic E-state index is 13.6. The molecule has 2 N–H and O–H groups in total. The minimum Gasteiger partial charge on any atom is -0.481 e. The van der Waals surface area contributed by atoms with Gasteiger partial charge in [0.25, 0.3) is 0 Å². The van der Waals surface area contributed by atoms with Crippen molar-refractivity contribution < 1.29 is 23.5 Å². The maximum Gasteiger partial charge on any atom is 0.305 e. The summed E-state index contributed by atoms with van der Waals surface area (Å²) in [4.78, 5) is 24.0. The first-order valence-corrected chi connectivity index (χ1v) is 6.15. The summed E-state index contributed by atoms with van der Waals surface area (Å²) >= 11 is 0.